The molecule has 0 aromatic heterocycles. The number of hydrogen-bond acceptors (Lipinski definition) is 3. The fraction of sp³-hybridized carbons (Fsp3) is 0.667. The molecule has 1 heterocycles. The number of alkyl halides is 3. The zero-order chi connectivity index (χ0) is 10.2. The van der Waals surface area contributed by atoms with Crippen molar-refractivity contribution < 1.29 is 27.5 Å². The van der Waals surface area contributed by atoms with Crippen molar-refractivity contribution in [1.29, 1.82) is 0 Å². The van der Waals surface area contributed by atoms with Gasteiger partial charge in [0, 0.05) is 0 Å². The standard InChI is InChI=1S/C6H6F3NO3/c1-13-4(11)3-2-10(3)5(12)6(7,8)9/h3H,2H2,1H3/t3-,10?/m0/s1. The summed E-state index contributed by atoms with van der Waals surface area (Å²) in [4.78, 5) is 21.5. The Kier molecular flexibility index (Phi) is 2.19. The van der Waals surface area contributed by atoms with Crippen LogP contribution in [0.1, 0.15) is 0 Å². The largest absolute Gasteiger partial charge is 0.471 e. The Labute approximate surface area is 71.3 Å². The highest BCUT2D eigenvalue weighted by atomic mass is 19.4. The number of hydrogen-bond donors (Lipinski definition) is 0. The van der Waals surface area contributed by atoms with E-state index in [1.807, 2.05) is 0 Å². The molecule has 1 saturated heterocycles. The van der Waals surface area contributed by atoms with Crippen molar-refractivity contribution in [3.05, 3.63) is 0 Å². The molecule has 1 aliphatic rings. The quantitative estimate of drug-likeness (QED) is 0.436. The lowest BCUT2D eigenvalue weighted by Gasteiger charge is -2.05. The van der Waals surface area contributed by atoms with Crippen molar-refractivity contribution >= 4 is 11.9 Å². The average molecular weight is 197 g/mol. The molecule has 0 bridgehead atoms. The summed E-state index contributed by atoms with van der Waals surface area (Å²) < 4.78 is 39.4. The topological polar surface area (TPSA) is 46.4 Å². The van der Waals surface area contributed by atoms with Crippen LogP contribution in [0.5, 0.6) is 0 Å². The van der Waals surface area contributed by atoms with E-state index in [0.29, 0.717) is 4.90 Å². The van der Waals surface area contributed by atoms with E-state index in [9.17, 15) is 22.8 Å². The van der Waals surface area contributed by atoms with Crippen molar-refractivity contribution in [3.63, 3.8) is 0 Å². The highest BCUT2D eigenvalue weighted by Crippen LogP contribution is 2.27. The number of carbonyl (C=O) groups excluding carboxylic acids is 2. The first-order valence-electron chi connectivity index (χ1n) is 3.33. The second kappa shape index (κ2) is 2.90. The van der Waals surface area contributed by atoms with Gasteiger partial charge in [-0.2, -0.15) is 13.2 Å². The maximum atomic E-state index is 11.7. The highest BCUT2D eigenvalue weighted by molar-refractivity contribution is 5.92. The first kappa shape index (κ1) is 9.82. The van der Waals surface area contributed by atoms with E-state index in [4.69, 9.17) is 0 Å². The summed E-state index contributed by atoms with van der Waals surface area (Å²) >= 11 is 0. The Morgan fingerprint density at radius 2 is 2.00 bits per heavy atom. The smallest absolute Gasteiger partial charge is 0.467 e. The molecule has 0 radical (unpaired) electrons. The zero-order valence-electron chi connectivity index (χ0n) is 6.59. The number of esters is 1. The van der Waals surface area contributed by atoms with Crippen molar-refractivity contribution in [2.75, 3.05) is 13.7 Å². The van der Waals surface area contributed by atoms with Crippen LogP contribution in [-0.2, 0) is 14.3 Å². The Hall–Kier alpha value is -1.27. The van der Waals surface area contributed by atoms with Crippen LogP contribution in [0.4, 0.5) is 13.2 Å². The molecular formula is C6H6F3NO3. The van der Waals surface area contributed by atoms with Crippen molar-refractivity contribution in [2.45, 2.75) is 12.2 Å². The number of ether oxygens (including phenoxy) is 1. The van der Waals surface area contributed by atoms with Crippen LogP contribution in [-0.4, -0.2) is 42.6 Å². The number of halogens is 3. The Balaban J connectivity index is 2.52. The van der Waals surface area contributed by atoms with Crippen LogP contribution in [0.15, 0.2) is 0 Å². The zero-order valence-corrected chi connectivity index (χ0v) is 6.59. The van der Waals surface area contributed by atoms with Crippen LogP contribution in [0.2, 0.25) is 0 Å². The Morgan fingerprint density at radius 3 is 2.38 bits per heavy atom. The lowest BCUT2D eigenvalue weighted by atomic mass is 10.5. The Bertz CT molecular complexity index is 250. The van der Waals surface area contributed by atoms with Gasteiger partial charge in [0.05, 0.1) is 13.7 Å². The van der Waals surface area contributed by atoms with Gasteiger partial charge in [-0.05, 0) is 0 Å². The normalized spacial score (nSPS) is 21.2. The van der Waals surface area contributed by atoms with Crippen LogP contribution in [0, 0.1) is 0 Å². The summed E-state index contributed by atoms with van der Waals surface area (Å²) in [6.07, 6.45) is -4.91. The van der Waals surface area contributed by atoms with E-state index in [1.54, 1.807) is 0 Å². The average Bonchev–Trinajstić information content (AvgIpc) is 2.79. The molecule has 0 saturated carbocycles. The van der Waals surface area contributed by atoms with E-state index in [-0.39, 0.29) is 6.54 Å². The third kappa shape index (κ3) is 1.90. The number of amides is 1. The summed E-state index contributed by atoms with van der Waals surface area (Å²) in [6.45, 7) is -0.217. The fourth-order valence-electron chi connectivity index (χ4n) is 0.864. The summed E-state index contributed by atoms with van der Waals surface area (Å²) in [5.41, 5.74) is 0. The minimum Gasteiger partial charge on any atom is -0.467 e. The van der Waals surface area contributed by atoms with E-state index in [2.05, 4.69) is 4.74 Å². The van der Waals surface area contributed by atoms with Gasteiger partial charge in [-0.1, -0.05) is 0 Å². The molecule has 74 valence electrons. The predicted molar refractivity (Wildman–Crippen MR) is 33.6 cm³/mol. The first-order valence-corrected chi connectivity index (χ1v) is 3.33. The molecule has 0 unspecified atom stereocenters. The third-order valence-electron chi connectivity index (χ3n) is 1.59. The molecule has 0 aromatic carbocycles. The van der Waals surface area contributed by atoms with E-state index >= 15 is 0 Å². The van der Waals surface area contributed by atoms with Gasteiger partial charge < -0.3 is 9.64 Å². The van der Waals surface area contributed by atoms with Crippen molar-refractivity contribution in [3.8, 4) is 0 Å². The molecule has 13 heavy (non-hydrogen) atoms. The molecule has 0 aromatic rings. The molecule has 0 spiro atoms. The first-order chi connectivity index (χ1) is 5.88. The van der Waals surface area contributed by atoms with Gasteiger partial charge in [-0.25, -0.2) is 4.79 Å². The lowest BCUT2D eigenvalue weighted by Crippen LogP contribution is -2.32. The van der Waals surface area contributed by atoms with Crippen molar-refractivity contribution in [2.24, 2.45) is 0 Å². The summed E-state index contributed by atoms with van der Waals surface area (Å²) in [7, 11) is 1.05. The van der Waals surface area contributed by atoms with Crippen LogP contribution in [0.3, 0.4) is 0 Å². The van der Waals surface area contributed by atoms with Crippen molar-refractivity contribution in [1.82, 2.24) is 4.90 Å². The maximum Gasteiger partial charge on any atom is 0.471 e. The van der Waals surface area contributed by atoms with Gasteiger partial charge in [0.25, 0.3) is 0 Å². The number of carbonyl (C=O) groups is 2. The second-order valence-corrected chi connectivity index (χ2v) is 2.49. The fourth-order valence-corrected chi connectivity index (χ4v) is 0.864. The molecule has 1 amide bonds. The van der Waals surface area contributed by atoms with Gasteiger partial charge in [-0.3, -0.25) is 4.79 Å². The number of nitrogens with zero attached hydrogens (tertiary/aromatic N) is 1. The van der Waals surface area contributed by atoms with Gasteiger partial charge in [-0.15, -0.1) is 0 Å². The third-order valence-corrected chi connectivity index (χ3v) is 1.59. The molecule has 7 heteroatoms. The molecule has 0 N–H and O–H groups in total. The van der Waals surface area contributed by atoms with E-state index in [1.165, 1.54) is 0 Å². The molecule has 1 aliphatic heterocycles. The monoisotopic (exact) mass is 197 g/mol. The summed E-state index contributed by atoms with van der Waals surface area (Å²) in [6, 6.07) is -1.06. The van der Waals surface area contributed by atoms with Gasteiger partial charge in [0.1, 0.15) is 6.04 Å². The highest BCUT2D eigenvalue weighted by Gasteiger charge is 2.54. The number of rotatable bonds is 1. The predicted octanol–water partition coefficient (Wildman–Crippen LogP) is -0.0675. The van der Waals surface area contributed by atoms with Gasteiger partial charge >= 0.3 is 18.1 Å². The molecule has 4 nitrogen and oxygen atoms in total. The lowest BCUT2D eigenvalue weighted by molar-refractivity contribution is -0.180. The molecule has 1 rings (SSSR count). The molecule has 1 atom stereocenters. The number of methoxy groups -OCH3 is 1. The van der Waals surface area contributed by atoms with Gasteiger partial charge in [0.15, 0.2) is 0 Å². The van der Waals surface area contributed by atoms with Gasteiger partial charge in [0.2, 0.25) is 0 Å². The summed E-state index contributed by atoms with van der Waals surface area (Å²) in [5.74, 6) is -2.82. The summed E-state index contributed by atoms with van der Waals surface area (Å²) in [5, 5.41) is 0. The second-order valence-electron chi connectivity index (χ2n) is 2.49. The molecule has 1 fully saturated rings. The molecular weight excluding hydrogens is 191 g/mol. The molecule has 0 aliphatic carbocycles. The van der Waals surface area contributed by atoms with Crippen LogP contribution < -0.4 is 0 Å². The Morgan fingerprint density at radius 1 is 1.46 bits per heavy atom. The van der Waals surface area contributed by atoms with E-state index in [0.717, 1.165) is 7.11 Å². The van der Waals surface area contributed by atoms with Crippen LogP contribution in [0.25, 0.3) is 0 Å². The van der Waals surface area contributed by atoms with Crippen LogP contribution >= 0.6 is 0 Å². The SMILES string of the molecule is COC(=O)[C@@H]1CN1C(=O)C(F)(F)F. The maximum absolute atomic E-state index is 11.7. The minimum absolute atomic E-state index is 0.217. The minimum atomic E-state index is -4.91. The van der Waals surface area contributed by atoms with E-state index < -0.39 is 24.1 Å².